The molecule has 0 aliphatic rings. The van der Waals surface area contributed by atoms with Gasteiger partial charge in [0.2, 0.25) is 0 Å². The van der Waals surface area contributed by atoms with Gasteiger partial charge in [0.05, 0.1) is 0 Å². The van der Waals surface area contributed by atoms with Gasteiger partial charge in [-0.05, 0) is 19.3 Å². The van der Waals surface area contributed by atoms with Crippen LogP contribution in [0.4, 0.5) is 0 Å². The molecule has 0 saturated heterocycles. The Morgan fingerprint density at radius 1 is 0.591 bits per heavy atom. The Balaban J connectivity index is 2.94. The van der Waals surface area contributed by atoms with E-state index in [4.69, 9.17) is 4.74 Å². The smallest absolute Gasteiger partial charge is 0.0466 e. The Labute approximate surface area is 141 Å². The first kappa shape index (κ1) is 22.0. The molecule has 0 fully saturated rings. The Hall–Kier alpha value is -0.0400. The molecule has 22 heavy (non-hydrogen) atoms. The average molecular weight is 312 g/mol. The highest BCUT2D eigenvalue weighted by atomic mass is 16.5. The van der Waals surface area contributed by atoms with Crippen LogP contribution in [0.25, 0.3) is 0 Å². The zero-order valence-electron chi connectivity index (χ0n) is 15.7. The monoisotopic (exact) mass is 311 g/mol. The standard InChI is InChI=1S/C21H43O/c1-4-22-20-18-16-14-12-10-8-6-5-7-9-11-13-15-17-19-21(2)3/h21H,1,4-20H2,2-3H3. The molecule has 1 nitrogen and oxygen atoms in total. The lowest BCUT2D eigenvalue weighted by Gasteiger charge is -2.05. The molecule has 0 heterocycles. The minimum atomic E-state index is 0.623. The third kappa shape index (κ3) is 20.0. The summed E-state index contributed by atoms with van der Waals surface area (Å²) in [5, 5.41) is 0. The van der Waals surface area contributed by atoms with E-state index in [0.29, 0.717) is 6.61 Å². The van der Waals surface area contributed by atoms with Gasteiger partial charge in [0.25, 0.3) is 0 Å². The van der Waals surface area contributed by atoms with Crippen molar-refractivity contribution in [2.45, 2.75) is 110 Å². The Morgan fingerprint density at radius 3 is 1.32 bits per heavy atom. The summed E-state index contributed by atoms with van der Waals surface area (Å²) >= 11 is 0. The summed E-state index contributed by atoms with van der Waals surface area (Å²) in [6.07, 6.45) is 21.3. The van der Waals surface area contributed by atoms with E-state index in [1.807, 2.05) is 0 Å². The molecule has 0 unspecified atom stereocenters. The van der Waals surface area contributed by atoms with Gasteiger partial charge in [0.15, 0.2) is 0 Å². The molecular weight excluding hydrogens is 268 g/mol. The molecule has 0 aliphatic heterocycles. The highest BCUT2D eigenvalue weighted by molar-refractivity contribution is 4.51. The molecule has 0 atom stereocenters. The summed E-state index contributed by atoms with van der Waals surface area (Å²) in [6, 6.07) is 0. The molecule has 0 aromatic rings. The molecule has 0 N–H and O–H groups in total. The van der Waals surface area contributed by atoms with Crippen LogP contribution in [0.15, 0.2) is 0 Å². The molecule has 0 rings (SSSR count). The summed E-state index contributed by atoms with van der Waals surface area (Å²) in [7, 11) is 0. The van der Waals surface area contributed by atoms with Gasteiger partial charge >= 0.3 is 0 Å². The van der Waals surface area contributed by atoms with Crippen LogP contribution in [-0.4, -0.2) is 13.2 Å². The maximum atomic E-state index is 5.25. The van der Waals surface area contributed by atoms with Crippen molar-refractivity contribution in [2.24, 2.45) is 5.92 Å². The first-order valence-corrected chi connectivity index (χ1v) is 10.1. The summed E-state index contributed by atoms with van der Waals surface area (Å²) in [6.45, 7) is 9.87. The van der Waals surface area contributed by atoms with Gasteiger partial charge in [0.1, 0.15) is 0 Å². The topological polar surface area (TPSA) is 9.23 Å². The molecule has 0 spiro atoms. The molecule has 0 bridgehead atoms. The van der Waals surface area contributed by atoms with Crippen molar-refractivity contribution < 1.29 is 4.74 Å². The van der Waals surface area contributed by atoms with Crippen molar-refractivity contribution >= 4 is 0 Å². The normalized spacial score (nSPS) is 11.5. The predicted molar refractivity (Wildman–Crippen MR) is 100 cm³/mol. The van der Waals surface area contributed by atoms with E-state index in [2.05, 4.69) is 20.8 Å². The summed E-state index contributed by atoms with van der Waals surface area (Å²) in [4.78, 5) is 0. The fraction of sp³-hybridized carbons (Fsp3) is 0.952. The van der Waals surface area contributed by atoms with Crippen LogP contribution < -0.4 is 0 Å². The number of rotatable bonds is 18. The van der Waals surface area contributed by atoms with E-state index in [-0.39, 0.29) is 0 Å². The fourth-order valence-electron chi connectivity index (χ4n) is 2.98. The quantitative estimate of drug-likeness (QED) is 0.240. The molecule has 0 aromatic heterocycles. The first-order valence-electron chi connectivity index (χ1n) is 10.1. The predicted octanol–water partition coefficient (Wildman–Crippen LogP) is 7.34. The maximum absolute atomic E-state index is 5.25. The van der Waals surface area contributed by atoms with Crippen LogP contribution in [-0.2, 0) is 4.74 Å². The molecule has 0 aliphatic carbocycles. The number of hydrogen-bond acceptors (Lipinski definition) is 1. The van der Waals surface area contributed by atoms with E-state index < -0.39 is 0 Å². The van der Waals surface area contributed by atoms with Crippen molar-refractivity contribution in [3.8, 4) is 0 Å². The summed E-state index contributed by atoms with van der Waals surface area (Å²) in [5.74, 6) is 0.891. The van der Waals surface area contributed by atoms with E-state index in [1.165, 1.54) is 96.3 Å². The minimum absolute atomic E-state index is 0.623. The zero-order chi connectivity index (χ0) is 16.3. The molecular formula is C21H43O. The second-order valence-corrected chi connectivity index (χ2v) is 7.24. The summed E-state index contributed by atoms with van der Waals surface area (Å²) < 4.78 is 5.25. The zero-order valence-corrected chi connectivity index (χ0v) is 15.7. The molecule has 133 valence electrons. The highest BCUT2D eigenvalue weighted by Gasteiger charge is 1.96. The van der Waals surface area contributed by atoms with E-state index in [9.17, 15) is 0 Å². The van der Waals surface area contributed by atoms with Gasteiger partial charge in [-0.2, -0.15) is 0 Å². The maximum Gasteiger partial charge on any atom is 0.0466 e. The van der Waals surface area contributed by atoms with Crippen molar-refractivity contribution in [3.63, 3.8) is 0 Å². The second kappa shape index (κ2) is 19.0. The second-order valence-electron chi connectivity index (χ2n) is 7.24. The lowest BCUT2D eigenvalue weighted by Crippen LogP contribution is -1.93. The van der Waals surface area contributed by atoms with Gasteiger partial charge in [-0.15, -0.1) is 0 Å². The van der Waals surface area contributed by atoms with Crippen LogP contribution in [0.2, 0.25) is 0 Å². The fourth-order valence-corrected chi connectivity index (χ4v) is 2.98. The van der Waals surface area contributed by atoms with Crippen LogP contribution in [0.1, 0.15) is 110 Å². The van der Waals surface area contributed by atoms with E-state index in [1.54, 1.807) is 0 Å². The average Bonchev–Trinajstić information content (AvgIpc) is 2.50. The third-order valence-electron chi connectivity index (χ3n) is 4.46. The number of unbranched alkanes of at least 4 members (excludes halogenated alkanes) is 13. The molecule has 0 amide bonds. The van der Waals surface area contributed by atoms with Crippen molar-refractivity contribution in [1.29, 1.82) is 0 Å². The van der Waals surface area contributed by atoms with Crippen LogP contribution in [0.3, 0.4) is 0 Å². The van der Waals surface area contributed by atoms with Gasteiger partial charge in [-0.25, -0.2) is 0 Å². The van der Waals surface area contributed by atoms with Gasteiger partial charge in [-0.3, -0.25) is 0 Å². The van der Waals surface area contributed by atoms with E-state index >= 15 is 0 Å². The van der Waals surface area contributed by atoms with E-state index in [0.717, 1.165) is 12.5 Å². The Morgan fingerprint density at radius 2 is 0.955 bits per heavy atom. The lowest BCUT2D eigenvalue weighted by atomic mass is 10.0. The van der Waals surface area contributed by atoms with Crippen LogP contribution >= 0.6 is 0 Å². The molecule has 0 saturated carbocycles. The molecule has 1 radical (unpaired) electrons. The molecule has 1 heteroatoms. The first-order chi connectivity index (χ1) is 10.8. The molecule has 0 aromatic carbocycles. The Bertz CT molecular complexity index is 188. The van der Waals surface area contributed by atoms with Crippen LogP contribution in [0.5, 0.6) is 0 Å². The lowest BCUT2D eigenvalue weighted by molar-refractivity contribution is 0.156. The highest BCUT2D eigenvalue weighted by Crippen LogP contribution is 2.14. The van der Waals surface area contributed by atoms with Gasteiger partial charge in [-0.1, -0.05) is 104 Å². The van der Waals surface area contributed by atoms with Crippen LogP contribution in [0, 0.1) is 12.8 Å². The van der Waals surface area contributed by atoms with Crippen molar-refractivity contribution in [2.75, 3.05) is 13.2 Å². The Kier molecular flexibility index (Phi) is 19.0. The minimum Gasteiger partial charge on any atom is -0.381 e. The van der Waals surface area contributed by atoms with Gasteiger partial charge in [0, 0.05) is 13.2 Å². The summed E-state index contributed by atoms with van der Waals surface area (Å²) in [5.41, 5.74) is 0. The van der Waals surface area contributed by atoms with Crippen molar-refractivity contribution in [1.82, 2.24) is 0 Å². The number of ether oxygens (including phenoxy) is 1. The van der Waals surface area contributed by atoms with Crippen molar-refractivity contribution in [3.05, 3.63) is 6.92 Å². The largest absolute Gasteiger partial charge is 0.381 e. The third-order valence-corrected chi connectivity index (χ3v) is 4.46. The number of hydrogen-bond donors (Lipinski definition) is 0. The van der Waals surface area contributed by atoms with Gasteiger partial charge < -0.3 is 4.74 Å². The SMILES string of the molecule is [CH2]COCCCCCCCCCCCCCCCCC(C)C.